The maximum Gasteiger partial charge on any atom is 0.310 e. The van der Waals surface area contributed by atoms with Crippen LogP contribution in [-0.4, -0.2) is 28.6 Å². The molecule has 0 bridgehead atoms. The molecule has 2 aromatic heterocycles. The highest BCUT2D eigenvalue weighted by Gasteiger charge is 2.18. The molecule has 0 atom stereocenters. The highest BCUT2D eigenvalue weighted by Crippen LogP contribution is 2.32. The third-order valence-electron chi connectivity index (χ3n) is 3.75. The molecule has 2 heterocycles. The Balaban J connectivity index is 1.82. The van der Waals surface area contributed by atoms with E-state index in [9.17, 15) is 4.79 Å². The Labute approximate surface area is 158 Å². The number of benzene rings is 1. The van der Waals surface area contributed by atoms with Crippen molar-refractivity contribution in [2.75, 3.05) is 7.11 Å². The summed E-state index contributed by atoms with van der Waals surface area (Å²) < 4.78 is 16.8. The van der Waals surface area contributed by atoms with Crippen molar-refractivity contribution in [2.45, 2.75) is 32.8 Å². The Hall–Kier alpha value is -3.15. The minimum Gasteiger partial charge on any atom is -0.496 e. The van der Waals surface area contributed by atoms with Gasteiger partial charge in [-0.1, -0.05) is 6.07 Å². The number of carbonyl (C=O) groups excluding carboxylic acids is 1. The van der Waals surface area contributed by atoms with Crippen LogP contribution in [-0.2, 0) is 16.0 Å². The molecule has 6 nitrogen and oxygen atoms in total. The molecule has 3 aromatic rings. The molecule has 0 spiro atoms. The molecule has 0 aliphatic carbocycles. The Bertz CT molecular complexity index is 959. The maximum absolute atomic E-state index is 12.1. The van der Waals surface area contributed by atoms with E-state index in [-0.39, 0.29) is 12.4 Å². The number of rotatable bonds is 5. The summed E-state index contributed by atoms with van der Waals surface area (Å²) >= 11 is 0. The van der Waals surface area contributed by atoms with Gasteiger partial charge >= 0.3 is 5.97 Å². The fourth-order valence-electron chi connectivity index (χ4n) is 2.66. The summed E-state index contributed by atoms with van der Waals surface area (Å²) in [5.41, 5.74) is 0.969. The van der Waals surface area contributed by atoms with Gasteiger partial charge in [-0.15, -0.1) is 0 Å². The van der Waals surface area contributed by atoms with Crippen LogP contribution in [0, 0.1) is 0 Å². The van der Waals surface area contributed by atoms with E-state index in [1.807, 2.05) is 32.9 Å². The Morgan fingerprint density at radius 2 is 1.89 bits per heavy atom. The van der Waals surface area contributed by atoms with Crippen molar-refractivity contribution in [3.05, 3.63) is 54.5 Å². The van der Waals surface area contributed by atoms with E-state index in [1.165, 1.54) is 0 Å². The Morgan fingerprint density at radius 1 is 1.07 bits per heavy atom. The normalized spacial score (nSPS) is 11.3. The average molecular weight is 366 g/mol. The fraction of sp³-hybridized carbons (Fsp3) is 0.286. The summed E-state index contributed by atoms with van der Waals surface area (Å²) in [6.45, 7) is 5.52. The first kappa shape index (κ1) is 18.6. The number of hydrogen-bond acceptors (Lipinski definition) is 6. The zero-order valence-corrected chi connectivity index (χ0v) is 15.9. The van der Waals surface area contributed by atoms with Gasteiger partial charge in [0.05, 0.1) is 25.2 Å². The molecule has 27 heavy (non-hydrogen) atoms. The van der Waals surface area contributed by atoms with E-state index in [1.54, 1.807) is 43.9 Å². The van der Waals surface area contributed by atoms with Crippen LogP contribution in [0.15, 0.2) is 48.9 Å². The standard InChI is InChI=1S/C21H22N2O4/c1-21(2,3)27-20(24)11-14-5-6-15(12-19(14)25-4)26-18-8-10-23-17-13-22-9-7-16(17)18/h5-10,12-13H,11H2,1-4H3. The van der Waals surface area contributed by atoms with Crippen LogP contribution in [0.4, 0.5) is 0 Å². The first-order chi connectivity index (χ1) is 12.9. The molecule has 1 aromatic carbocycles. The number of carbonyl (C=O) groups is 1. The average Bonchev–Trinajstić information content (AvgIpc) is 2.61. The van der Waals surface area contributed by atoms with Crippen molar-refractivity contribution >= 4 is 16.9 Å². The van der Waals surface area contributed by atoms with Gasteiger partial charge in [-0.2, -0.15) is 0 Å². The minimum absolute atomic E-state index is 0.130. The van der Waals surface area contributed by atoms with Crippen LogP contribution < -0.4 is 9.47 Å². The topological polar surface area (TPSA) is 70.5 Å². The molecule has 0 unspecified atom stereocenters. The maximum atomic E-state index is 12.1. The van der Waals surface area contributed by atoms with E-state index in [0.29, 0.717) is 17.2 Å². The van der Waals surface area contributed by atoms with Gasteiger partial charge in [0.15, 0.2) is 0 Å². The molecule has 140 valence electrons. The highest BCUT2D eigenvalue weighted by molar-refractivity contribution is 5.84. The second kappa shape index (κ2) is 7.61. The zero-order valence-electron chi connectivity index (χ0n) is 15.9. The second-order valence-corrected chi connectivity index (χ2v) is 7.04. The lowest BCUT2D eigenvalue weighted by Gasteiger charge is -2.20. The van der Waals surface area contributed by atoms with E-state index in [0.717, 1.165) is 16.5 Å². The lowest BCUT2D eigenvalue weighted by molar-refractivity contribution is -0.153. The Morgan fingerprint density at radius 3 is 2.63 bits per heavy atom. The van der Waals surface area contributed by atoms with Gasteiger partial charge in [-0.05, 0) is 39.0 Å². The van der Waals surface area contributed by atoms with Crippen molar-refractivity contribution in [3.8, 4) is 17.2 Å². The number of pyridine rings is 2. The lowest BCUT2D eigenvalue weighted by atomic mass is 10.1. The largest absolute Gasteiger partial charge is 0.496 e. The number of methoxy groups -OCH3 is 1. The molecule has 0 aliphatic rings. The van der Waals surface area contributed by atoms with Gasteiger partial charge in [-0.25, -0.2) is 0 Å². The summed E-state index contributed by atoms with van der Waals surface area (Å²) in [7, 11) is 1.56. The van der Waals surface area contributed by atoms with Crippen molar-refractivity contribution in [2.24, 2.45) is 0 Å². The minimum atomic E-state index is -0.523. The van der Waals surface area contributed by atoms with Crippen molar-refractivity contribution in [1.29, 1.82) is 0 Å². The molecule has 0 amide bonds. The van der Waals surface area contributed by atoms with Crippen LogP contribution >= 0.6 is 0 Å². The van der Waals surface area contributed by atoms with Crippen LogP contribution in [0.3, 0.4) is 0 Å². The molecule has 0 N–H and O–H groups in total. The molecule has 0 saturated heterocycles. The number of ether oxygens (including phenoxy) is 3. The van der Waals surface area contributed by atoms with Crippen molar-refractivity contribution in [1.82, 2.24) is 9.97 Å². The highest BCUT2D eigenvalue weighted by atomic mass is 16.6. The quantitative estimate of drug-likeness (QED) is 0.627. The van der Waals surface area contributed by atoms with Crippen LogP contribution in [0.25, 0.3) is 10.9 Å². The van der Waals surface area contributed by atoms with Crippen LogP contribution in [0.2, 0.25) is 0 Å². The van der Waals surface area contributed by atoms with Crippen LogP contribution in [0.1, 0.15) is 26.3 Å². The van der Waals surface area contributed by atoms with E-state index < -0.39 is 5.60 Å². The molecule has 0 radical (unpaired) electrons. The molecule has 0 fully saturated rings. The Kier molecular flexibility index (Phi) is 5.26. The third-order valence-corrected chi connectivity index (χ3v) is 3.75. The smallest absolute Gasteiger partial charge is 0.310 e. The molecule has 3 rings (SSSR count). The number of nitrogens with zero attached hydrogens (tertiary/aromatic N) is 2. The van der Waals surface area contributed by atoms with Gasteiger partial charge < -0.3 is 14.2 Å². The fourth-order valence-corrected chi connectivity index (χ4v) is 2.66. The predicted octanol–water partition coefficient (Wildman–Crippen LogP) is 4.31. The predicted molar refractivity (Wildman–Crippen MR) is 102 cm³/mol. The van der Waals surface area contributed by atoms with Gasteiger partial charge in [0.2, 0.25) is 0 Å². The van der Waals surface area contributed by atoms with Gasteiger partial charge in [0, 0.05) is 29.4 Å². The van der Waals surface area contributed by atoms with Crippen LogP contribution in [0.5, 0.6) is 17.2 Å². The monoisotopic (exact) mass is 366 g/mol. The third kappa shape index (κ3) is 4.73. The molecular formula is C21H22N2O4. The summed E-state index contributed by atoms with van der Waals surface area (Å²) in [5.74, 6) is 1.54. The zero-order chi connectivity index (χ0) is 19.4. The first-order valence-corrected chi connectivity index (χ1v) is 8.61. The van der Waals surface area contributed by atoms with Gasteiger partial charge in [0.1, 0.15) is 22.8 Å². The second-order valence-electron chi connectivity index (χ2n) is 7.04. The summed E-state index contributed by atoms with van der Waals surface area (Å²) in [4.78, 5) is 20.4. The van der Waals surface area contributed by atoms with Crippen molar-refractivity contribution in [3.63, 3.8) is 0 Å². The van der Waals surface area contributed by atoms with E-state index in [2.05, 4.69) is 9.97 Å². The number of fused-ring (bicyclic) bond motifs is 1. The number of esters is 1. The van der Waals surface area contributed by atoms with Gasteiger partial charge in [0.25, 0.3) is 0 Å². The molecule has 0 saturated carbocycles. The SMILES string of the molecule is COc1cc(Oc2ccnc3cnccc23)ccc1CC(=O)OC(C)(C)C. The summed E-state index contributed by atoms with van der Waals surface area (Å²) in [6.07, 6.45) is 5.19. The number of hydrogen-bond donors (Lipinski definition) is 0. The number of aromatic nitrogens is 2. The first-order valence-electron chi connectivity index (χ1n) is 8.61. The lowest BCUT2D eigenvalue weighted by Crippen LogP contribution is -2.25. The van der Waals surface area contributed by atoms with E-state index >= 15 is 0 Å². The summed E-state index contributed by atoms with van der Waals surface area (Å²) in [6, 6.07) is 9.01. The summed E-state index contributed by atoms with van der Waals surface area (Å²) in [5, 5.41) is 0.865. The molecule has 0 aliphatic heterocycles. The molecular weight excluding hydrogens is 344 g/mol. The van der Waals surface area contributed by atoms with Crippen molar-refractivity contribution < 1.29 is 19.0 Å². The van der Waals surface area contributed by atoms with Gasteiger partial charge in [-0.3, -0.25) is 14.8 Å². The molecule has 6 heteroatoms. The van der Waals surface area contributed by atoms with E-state index in [4.69, 9.17) is 14.2 Å².